The molecule has 1 aromatic carbocycles. The molecule has 5 heteroatoms. The first-order valence-electron chi connectivity index (χ1n) is 6.03. The van der Waals surface area contributed by atoms with Crippen LogP contribution in [0.3, 0.4) is 0 Å². The Bertz CT molecular complexity index is 566. The number of halogens is 1. The molecule has 0 aliphatic carbocycles. The summed E-state index contributed by atoms with van der Waals surface area (Å²) in [7, 11) is 0. The van der Waals surface area contributed by atoms with Gasteiger partial charge in [-0.1, -0.05) is 17.7 Å². The quantitative estimate of drug-likeness (QED) is 0.652. The van der Waals surface area contributed by atoms with E-state index in [9.17, 15) is 0 Å². The third-order valence-corrected chi connectivity index (χ3v) is 4.07. The van der Waals surface area contributed by atoms with E-state index in [0.29, 0.717) is 10.6 Å². The Hall–Kier alpha value is -1.52. The second kappa shape index (κ2) is 6.08. The molecular formula is C14H16ClN3S. The zero-order valence-corrected chi connectivity index (χ0v) is 12.3. The number of hydrogen-bond donors (Lipinski definition) is 2. The van der Waals surface area contributed by atoms with Gasteiger partial charge in [-0.05, 0) is 36.6 Å². The molecule has 3 N–H and O–H groups in total. The predicted molar refractivity (Wildman–Crippen MR) is 83.5 cm³/mol. The number of thiophene rings is 1. The Kier molecular flexibility index (Phi) is 4.45. The minimum atomic E-state index is 0.0368. The van der Waals surface area contributed by atoms with Crippen LogP contribution in [-0.2, 0) is 6.54 Å². The van der Waals surface area contributed by atoms with E-state index in [1.165, 1.54) is 4.88 Å². The van der Waals surface area contributed by atoms with E-state index in [-0.39, 0.29) is 5.84 Å². The maximum atomic E-state index is 7.42. The first-order chi connectivity index (χ1) is 9.11. The van der Waals surface area contributed by atoms with Crippen LogP contribution in [0.5, 0.6) is 0 Å². The predicted octanol–water partition coefficient (Wildman–Crippen LogP) is 3.71. The zero-order chi connectivity index (χ0) is 13.8. The van der Waals surface area contributed by atoms with Crippen molar-refractivity contribution < 1.29 is 0 Å². The van der Waals surface area contributed by atoms with Gasteiger partial charge in [0.15, 0.2) is 0 Å². The van der Waals surface area contributed by atoms with Gasteiger partial charge in [-0.3, -0.25) is 5.41 Å². The highest BCUT2D eigenvalue weighted by Crippen LogP contribution is 2.28. The fraction of sp³-hybridized carbons (Fsp3) is 0.214. The van der Waals surface area contributed by atoms with Gasteiger partial charge < -0.3 is 10.6 Å². The van der Waals surface area contributed by atoms with Crippen LogP contribution in [0, 0.1) is 5.41 Å². The molecule has 0 radical (unpaired) electrons. The number of hydrogen-bond acceptors (Lipinski definition) is 3. The molecule has 0 saturated carbocycles. The molecule has 2 rings (SSSR count). The molecule has 3 nitrogen and oxygen atoms in total. The summed E-state index contributed by atoms with van der Waals surface area (Å²) in [5, 5.41) is 10.1. The smallest absolute Gasteiger partial charge is 0.122 e. The Balaban J connectivity index is 2.25. The third-order valence-electron chi connectivity index (χ3n) is 2.91. The molecule has 2 aromatic rings. The van der Waals surface area contributed by atoms with Crippen molar-refractivity contribution in [2.45, 2.75) is 13.5 Å². The van der Waals surface area contributed by atoms with E-state index >= 15 is 0 Å². The first kappa shape index (κ1) is 13.9. The molecule has 0 aliphatic heterocycles. The lowest BCUT2D eigenvalue weighted by molar-refractivity contribution is 0.842. The summed E-state index contributed by atoms with van der Waals surface area (Å²) in [6, 6.07) is 9.67. The molecule has 0 amide bonds. The van der Waals surface area contributed by atoms with E-state index in [4.69, 9.17) is 22.7 Å². The van der Waals surface area contributed by atoms with Crippen molar-refractivity contribution >= 4 is 34.5 Å². The average molecular weight is 294 g/mol. The van der Waals surface area contributed by atoms with Gasteiger partial charge in [-0.25, -0.2) is 0 Å². The summed E-state index contributed by atoms with van der Waals surface area (Å²) in [5.41, 5.74) is 7.09. The van der Waals surface area contributed by atoms with Crippen LogP contribution in [0.25, 0.3) is 0 Å². The van der Waals surface area contributed by atoms with Crippen LogP contribution >= 0.6 is 22.9 Å². The molecule has 0 spiro atoms. The largest absolute Gasteiger partial charge is 0.384 e. The van der Waals surface area contributed by atoms with Gasteiger partial charge in [0.05, 0.1) is 17.3 Å². The summed E-state index contributed by atoms with van der Waals surface area (Å²) in [6.07, 6.45) is 0. The molecule has 100 valence electrons. The maximum Gasteiger partial charge on any atom is 0.122 e. The number of rotatable bonds is 5. The fourth-order valence-electron chi connectivity index (χ4n) is 1.89. The lowest BCUT2D eigenvalue weighted by Crippen LogP contribution is -2.22. The lowest BCUT2D eigenvalue weighted by atomic mass is 10.1. The van der Waals surface area contributed by atoms with Crippen molar-refractivity contribution in [3.8, 4) is 0 Å². The Labute approximate surface area is 122 Å². The van der Waals surface area contributed by atoms with E-state index < -0.39 is 0 Å². The monoisotopic (exact) mass is 293 g/mol. The molecule has 1 aromatic heterocycles. The van der Waals surface area contributed by atoms with Crippen molar-refractivity contribution in [1.29, 1.82) is 5.41 Å². The number of nitrogen functional groups attached to an aromatic ring is 1. The van der Waals surface area contributed by atoms with Crippen molar-refractivity contribution in [1.82, 2.24) is 0 Å². The normalized spacial score (nSPS) is 10.4. The van der Waals surface area contributed by atoms with E-state index in [0.717, 1.165) is 18.8 Å². The Morgan fingerprint density at radius 1 is 1.42 bits per heavy atom. The van der Waals surface area contributed by atoms with Crippen LogP contribution < -0.4 is 10.6 Å². The Morgan fingerprint density at radius 3 is 2.74 bits per heavy atom. The standard InChI is InChI=1S/C14H16ClN3S/c1-2-18(9-11-4-3-7-19-11)13-6-5-10(14(16)17)8-12(13)15/h3-8H,2,9H2,1H3,(H3,16,17). The van der Waals surface area contributed by atoms with Gasteiger partial charge in [-0.15, -0.1) is 11.3 Å². The molecule has 0 saturated heterocycles. The number of nitrogens with zero attached hydrogens (tertiary/aromatic N) is 1. The number of nitrogens with two attached hydrogens (primary N) is 1. The average Bonchev–Trinajstić information content (AvgIpc) is 2.89. The van der Waals surface area contributed by atoms with Crippen LogP contribution in [-0.4, -0.2) is 12.4 Å². The van der Waals surface area contributed by atoms with Crippen LogP contribution in [0.2, 0.25) is 5.02 Å². The molecule has 0 unspecified atom stereocenters. The molecule has 0 bridgehead atoms. The topological polar surface area (TPSA) is 53.1 Å². The highest BCUT2D eigenvalue weighted by molar-refractivity contribution is 7.09. The van der Waals surface area contributed by atoms with E-state index in [1.54, 1.807) is 17.4 Å². The van der Waals surface area contributed by atoms with Crippen molar-refractivity contribution in [3.63, 3.8) is 0 Å². The highest BCUT2D eigenvalue weighted by atomic mass is 35.5. The van der Waals surface area contributed by atoms with Gasteiger partial charge in [0.2, 0.25) is 0 Å². The van der Waals surface area contributed by atoms with Crippen LogP contribution in [0.4, 0.5) is 5.69 Å². The van der Waals surface area contributed by atoms with Crippen molar-refractivity contribution in [3.05, 3.63) is 51.2 Å². The second-order valence-corrected chi connectivity index (χ2v) is 5.61. The molecule has 19 heavy (non-hydrogen) atoms. The molecule has 0 atom stereocenters. The van der Waals surface area contributed by atoms with E-state index in [1.807, 2.05) is 18.2 Å². The van der Waals surface area contributed by atoms with Gasteiger partial charge in [0.25, 0.3) is 0 Å². The van der Waals surface area contributed by atoms with Crippen molar-refractivity contribution in [2.24, 2.45) is 5.73 Å². The minimum absolute atomic E-state index is 0.0368. The lowest BCUT2D eigenvalue weighted by Gasteiger charge is -2.24. The first-order valence-corrected chi connectivity index (χ1v) is 7.29. The van der Waals surface area contributed by atoms with Crippen LogP contribution in [0.15, 0.2) is 35.7 Å². The molecule has 0 aliphatic rings. The highest BCUT2D eigenvalue weighted by Gasteiger charge is 2.11. The summed E-state index contributed by atoms with van der Waals surface area (Å²) >= 11 is 8.03. The fourth-order valence-corrected chi connectivity index (χ4v) is 2.91. The number of anilines is 1. The molecule has 0 fully saturated rings. The summed E-state index contributed by atoms with van der Waals surface area (Å²) < 4.78 is 0. The van der Waals surface area contributed by atoms with Gasteiger partial charge in [0.1, 0.15) is 5.84 Å². The van der Waals surface area contributed by atoms with Crippen LogP contribution in [0.1, 0.15) is 17.4 Å². The second-order valence-electron chi connectivity index (χ2n) is 4.17. The van der Waals surface area contributed by atoms with E-state index in [2.05, 4.69) is 23.3 Å². The molecular weight excluding hydrogens is 278 g/mol. The third kappa shape index (κ3) is 3.28. The Morgan fingerprint density at radius 2 is 2.21 bits per heavy atom. The van der Waals surface area contributed by atoms with Crippen molar-refractivity contribution in [2.75, 3.05) is 11.4 Å². The van der Waals surface area contributed by atoms with Gasteiger partial charge in [-0.2, -0.15) is 0 Å². The SMILES string of the molecule is CCN(Cc1cccs1)c1ccc(C(=N)N)cc1Cl. The zero-order valence-electron chi connectivity index (χ0n) is 10.7. The van der Waals surface area contributed by atoms with Gasteiger partial charge in [0, 0.05) is 17.0 Å². The number of benzene rings is 1. The van der Waals surface area contributed by atoms with Gasteiger partial charge >= 0.3 is 0 Å². The summed E-state index contributed by atoms with van der Waals surface area (Å²) in [5.74, 6) is 0.0368. The number of nitrogens with one attached hydrogen (secondary N) is 1. The number of amidine groups is 1. The maximum absolute atomic E-state index is 7.42. The summed E-state index contributed by atoms with van der Waals surface area (Å²) in [4.78, 5) is 3.51. The minimum Gasteiger partial charge on any atom is -0.384 e. The molecule has 1 heterocycles. The summed E-state index contributed by atoms with van der Waals surface area (Å²) in [6.45, 7) is 3.81.